The van der Waals surface area contributed by atoms with Crippen molar-refractivity contribution in [2.24, 2.45) is 0 Å². The van der Waals surface area contributed by atoms with Crippen LogP contribution in [0.25, 0.3) is 11.4 Å². The van der Waals surface area contributed by atoms with Gasteiger partial charge in [0.05, 0.1) is 7.11 Å². The first-order valence-corrected chi connectivity index (χ1v) is 9.01. The Balaban J connectivity index is 1.64. The van der Waals surface area contributed by atoms with Gasteiger partial charge in [0.15, 0.2) is 0 Å². The quantitative estimate of drug-likeness (QED) is 0.692. The molecule has 3 rings (SSSR count). The summed E-state index contributed by atoms with van der Waals surface area (Å²) >= 11 is 1.57. The Morgan fingerprint density at radius 3 is 3.00 bits per heavy atom. The summed E-state index contributed by atoms with van der Waals surface area (Å²) < 4.78 is 22.5. The first kappa shape index (κ1) is 14.9. The van der Waals surface area contributed by atoms with Crippen LogP contribution in [0.1, 0.15) is 11.5 Å². The summed E-state index contributed by atoms with van der Waals surface area (Å²) in [5, 5.41) is 7.81. The molecule has 3 aromatic rings. The summed E-state index contributed by atoms with van der Waals surface area (Å²) in [6.45, 7) is 0. The molecular weight excluding hydrogens is 320 g/mol. The van der Waals surface area contributed by atoms with E-state index in [1.807, 2.05) is 41.1 Å². The van der Waals surface area contributed by atoms with Gasteiger partial charge in [-0.05, 0) is 29.1 Å². The zero-order chi connectivity index (χ0) is 15.4. The number of nitrogens with zero attached hydrogens (tertiary/aromatic N) is 2. The van der Waals surface area contributed by atoms with Gasteiger partial charge in [0.25, 0.3) is 0 Å². The Kier molecular flexibility index (Phi) is 4.65. The summed E-state index contributed by atoms with van der Waals surface area (Å²) in [7, 11) is 0.497. The monoisotopic (exact) mass is 334 g/mol. The highest BCUT2D eigenvalue weighted by molar-refractivity contribution is 7.83. The fourth-order valence-electron chi connectivity index (χ4n) is 1.96. The van der Waals surface area contributed by atoms with E-state index >= 15 is 0 Å². The second kappa shape index (κ2) is 6.85. The van der Waals surface area contributed by atoms with E-state index in [4.69, 9.17) is 9.26 Å². The van der Waals surface area contributed by atoms with E-state index in [0.717, 1.165) is 16.9 Å². The van der Waals surface area contributed by atoms with Gasteiger partial charge in [-0.15, -0.1) is 0 Å². The molecular formula is C15H14N2O3S2. The average molecular weight is 334 g/mol. The van der Waals surface area contributed by atoms with Crippen molar-refractivity contribution < 1.29 is 13.5 Å². The van der Waals surface area contributed by atoms with Crippen molar-refractivity contribution in [3.63, 3.8) is 0 Å². The SMILES string of the molecule is COc1cccc(CS(=O)Cc2nc(-c3ccsc3)no2)c1. The van der Waals surface area contributed by atoms with Gasteiger partial charge in [-0.2, -0.15) is 16.3 Å². The fraction of sp³-hybridized carbons (Fsp3) is 0.200. The largest absolute Gasteiger partial charge is 0.497 e. The lowest BCUT2D eigenvalue weighted by Crippen LogP contribution is -2.00. The normalized spacial score (nSPS) is 12.2. The number of hydrogen-bond acceptors (Lipinski definition) is 6. The van der Waals surface area contributed by atoms with Gasteiger partial charge < -0.3 is 9.26 Å². The van der Waals surface area contributed by atoms with Crippen molar-refractivity contribution in [3.05, 3.63) is 52.5 Å². The minimum absolute atomic E-state index is 0.244. The van der Waals surface area contributed by atoms with Gasteiger partial charge in [0.2, 0.25) is 11.7 Å². The molecule has 1 aromatic carbocycles. The van der Waals surface area contributed by atoms with Gasteiger partial charge in [-0.25, -0.2) is 0 Å². The standard InChI is InChI=1S/C15H14N2O3S2/c1-19-13-4-2-3-11(7-13)9-22(18)10-14-16-15(17-20-14)12-5-6-21-8-12/h2-8H,9-10H2,1H3. The lowest BCUT2D eigenvalue weighted by Gasteiger charge is -2.03. The Hall–Kier alpha value is -1.99. The third-order valence-corrected chi connectivity index (χ3v) is 4.90. The van der Waals surface area contributed by atoms with Crippen molar-refractivity contribution in [1.29, 1.82) is 0 Å². The molecule has 22 heavy (non-hydrogen) atoms. The molecule has 0 N–H and O–H groups in total. The number of benzene rings is 1. The predicted molar refractivity (Wildman–Crippen MR) is 86.2 cm³/mol. The van der Waals surface area contributed by atoms with E-state index in [1.165, 1.54) is 0 Å². The van der Waals surface area contributed by atoms with Crippen molar-refractivity contribution in [2.75, 3.05) is 7.11 Å². The summed E-state index contributed by atoms with van der Waals surface area (Å²) in [5.74, 6) is 2.35. The molecule has 0 aliphatic rings. The third kappa shape index (κ3) is 3.61. The Morgan fingerprint density at radius 2 is 2.23 bits per heavy atom. The maximum Gasteiger partial charge on any atom is 0.239 e. The molecule has 0 aliphatic carbocycles. The minimum Gasteiger partial charge on any atom is -0.497 e. The molecule has 7 heteroatoms. The number of aromatic nitrogens is 2. The van der Waals surface area contributed by atoms with Crippen LogP contribution in [0.5, 0.6) is 5.75 Å². The molecule has 0 spiro atoms. The highest BCUT2D eigenvalue weighted by Crippen LogP contribution is 2.20. The Morgan fingerprint density at radius 1 is 1.32 bits per heavy atom. The summed E-state index contributed by atoms with van der Waals surface area (Å²) in [6.07, 6.45) is 0. The van der Waals surface area contributed by atoms with E-state index in [1.54, 1.807) is 18.4 Å². The van der Waals surface area contributed by atoms with Crippen molar-refractivity contribution in [3.8, 4) is 17.1 Å². The first-order valence-electron chi connectivity index (χ1n) is 6.57. The molecule has 5 nitrogen and oxygen atoms in total. The van der Waals surface area contributed by atoms with Crippen LogP contribution < -0.4 is 4.74 Å². The Labute approximate surface area is 134 Å². The topological polar surface area (TPSA) is 65.2 Å². The van der Waals surface area contributed by atoms with Crippen LogP contribution in [0.15, 0.2) is 45.6 Å². The second-order valence-electron chi connectivity index (χ2n) is 4.60. The maximum absolute atomic E-state index is 12.2. The molecule has 1 atom stereocenters. The summed E-state index contributed by atoms with van der Waals surface area (Å²) in [4.78, 5) is 4.28. The van der Waals surface area contributed by atoms with Crippen molar-refractivity contribution >= 4 is 22.1 Å². The van der Waals surface area contributed by atoms with Gasteiger partial charge in [-0.3, -0.25) is 4.21 Å². The molecule has 2 heterocycles. The van der Waals surface area contributed by atoms with Crippen LogP contribution in [0.4, 0.5) is 0 Å². The number of rotatable bonds is 6. The summed E-state index contributed by atoms with van der Waals surface area (Å²) in [6, 6.07) is 9.46. The van der Waals surface area contributed by atoms with Gasteiger partial charge in [-0.1, -0.05) is 17.3 Å². The zero-order valence-electron chi connectivity index (χ0n) is 11.9. The van der Waals surface area contributed by atoms with Crippen molar-refractivity contribution in [1.82, 2.24) is 10.1 Å². The average Bonchev–Trinajstić information content (AvgIpc) is 3.18. The van der Waals surface area contributed by atoms with E-state index in [9.17, 15) is 4.21 Å². The molecule has 1 unspecified atom stereocenters. The molecule has 0 saturated carbocycles. The second-order valence-corrected chi connectivity index (χ2v) is 6.84. The van der Waals surface area contributed by atoms with Crippen LogP contribution in [0, 0.1) is 0 Å². The molecule has 2 aromatic heterocycles. The zero-order valence-corrected chi connectivity index (χ0v) is 13.5. The molecule has 0 bridgehead atoms. The maximum atomic E-state index is 12.2. The molecule has 114 valence electrons. The van der Waals surface area contributed by atoms with E-state index in [2.05, 4.69) is 10.1 Å². The summed E-state index contributed by atoms with van der Waals surface area (Å²) in [5.41, 5.74) is 1.87. The van der Waals surface area contributed by atoms with E-state index in [0.29, 0.717) is 17.5 Å². The van der Waals surface area contributed by atoms with Crippen molar-refractivity contribution in [2.45, 2.75) is 11.5 Å². The van der Waals surface area contributed by atoms with Crippen LogP contribution in [0.3, 0.4) is 0 Å². The minimum atomic E-state index is -1.11. The highest BCUT2D eigenvalue weighted by Gasteiger charge is 2.12. The van der Waals surface area contributed by atoms with Crippen LogP contribution >= 0.6 is 11.3 Å². The molecule has 0 fully saturated rings. The van der Waals surface area contributed by atoms with Crippen LogP contribution in [0.2, 0.25) is 0 Å². The molecule has 0 saturated heterocycles. The first-order chi connectivity index (χ1) is 10.7. The highest BCUT2D eigenvalue weighted by atomic mass is 32.2. The number of hydrogen-bond donors (Lipinski definition) is 0. The third-order valence-electron chi connectivity index (χ3n) is 2.99. The van der Waals surface area contributed by atoms with E-state index < -0.39 is 10.8 Å². The van der Waals surface area contributed by atoms with E-state index in [-0.39, 0.29) is 5.75 Å². The van der Waals surface area contributed by atoms with Gasteiger partial charge in [0.1, 0.15) is 11.5 Å². The van der Waals surface area contributed by atoms with Gasteiger partial charge in [0, 0.05) is 27.5 Å². The molecule has 0 amide bonds. The predicted octanol–water partition coefficient (Wildman–Crippen LogP) is 3.26. The lowest BCUT2D eigenvalue weighted by molar-refractivity contribution is 0.390. The van der Waals surface area contributed by atoms with Gasteiger partial charge >= 0.3 is 0 Å². The Bertz CT molecular complexity index is 769. The molecule has 0 aliphatic heterocycles. The smallest absolute Gasteiger partial charge is 0.239 e. The number of methoxy groups -OCH3 is 1. The lowest BCUT2D eigenvalue weighted by atomic mass is 10.2. The van der Waals surface area contributed by atoms with Crippen LogP contribution in [-0.2, 0) is 22.3 Å². The molecule has 0 radical (unpaired) electrons. The fourth-order valence-corrected chi connectivity index (χ4v) is 3.64. The number of thiophene rings is 1. The number of ether oxygens (including phenoxy) is 1. The van der Waals surface area contributed by atoms with Crippen LogP contribution in [-0.4, -0.2) is 21.5 Å².